The van der Waals surface area contributed by atoms with E-state index in [1.165, 1.54) is 23.5 Å². The minimum atomic E-state index is -0.413. The van der Waals surface area contributed by atoms with Gasteiger partial charge in [-0.25, -0.2) is 9.37 Å². The Bertz CT molecular complexity index is 1110. The fourth-order valence-corrected chi connectivity index (χ4v) is 3.44. The lowest BCUT2D eigenvalue weighted by atomic mass is 10.1. The number of ether oxygens (including phenoxy) is 1. The van der Waals surface area contributed by atoms with Gasteiger partial charge in [-0.3, -0.25) is 4.79 Å². The van der Waals surface area contributed by atoms with E-state index >= 15 is 0 Å². The van der Waals surface area contributed by atoms with E-state index in [4.69, 9.17) is 9.26 Å². The first-order chi connectivity index (χ1) is 12.6. The third kappa shape index (κ3) is 2.80. The maximum absolute atomic E-state index is 13.7. The average molecular weight is 372 g/mol. The normalized spacial score (nSPS) is 11.3. The first-order valence-corrected chi connectivity index (χ1v) is 8.53. The van der Waals surface area contributed by atoms with Gasteiger partial charge in [0, 0.05) is 31.0 Å². The zero-order valence-corrected chi connectivity index (χ0v) is 14.7. The molecule has 0 atom stereocenters. The van der Waals surface area contributed by atoms with E-state index in [1.54, 1.807) is 36.2 Å². The Morgan fingerprint density at radius 3 is 2.96 bits per heavy atom. The predicted molar refractivity (Wildman–Crippen MR) is 92.5 cm³/mol. The van der Waals surface area contributed by atoms with Crippen molar-refractivity contribution in [2.45, 2.75) is 13.7 Å². The van der Waals surface area contributed by atoms with Crippen LogP contribution in [0.15, 0.2) is 34.3 Å². The molecule has 0 saturated carbocycles. The van der Waals surface area contributed by atoms with Crippen molar-refractivity contribution in [1.82, 2.24) is 19.7 Å². The third-order valence-corrected chi connectivity index (χ3v) is 4.65. The van der Waals surface area contributed by atoms with Crippen LogP contribution in [0.25, 0.3) is 22.4 Å². The summed E-state index contributed by atoms with van der Waals surface area (Å²) in [5, 5.41) is 6.26. The molecule has 0 bridgehead atoms. The SMILES string of the molecule is COCn1cc(C(=O)c2nc(-c3noc(C)n3)cs2)c2cc(F)ccc21. The van der Waals surface area contributed by atoms with Crippen LogP contribution in [0.4, 0.5) is 4.39 Å². The van der Waals surface area contributed by atoms with Gasteiger partial charge in [0.15, 0.2) is 5.01 Å². The Labute approximate surface area is 151 Å². The topological polar surface area (TPSA) is 83.0 Å². The summed E-state index contributed by atoms with van der Waals surface area (Å²) in [6, 6.07) is 4.31. The molecule has 3 aromatic heterocycles. The highest BCUT2D eigenvalue weighted by atomic mass is 32.1. The maximum atomic E-state index is 13.7. The lowest BCUT2D eigenvalue weighted by molar-refractivity contribution is 0.103. The number of aryl methyl sites for hydroxylation is 1. The standard InChI is InChI=1S/C17H13FN4O3S/c1-9-19-16(21-25-9)13-7-26-17(20-13)15(23)12-6-22(8-24-2)14-4-3-10(18)5-11(12)14/h3-7H,8H2,1-2H3. The van der Waals surface area contributed by atoms with Crippen molar-refractivity contribution < 1.29 is 18.4 Å². The van der Waals surface area contributed by atoms with Gasteiger partial charge in [0.05, 0.1) is 11.1 Å². The zero-order chi connectivity index (χ0) is 18.3. The van der Waals surface area contributed by atoms with Crippen LogP contribution in [0, 0.1) is 12.7 Å². The second-order valence-electron chi connectivity index (χ2n) is 5.60. The summed E-state index contributed by atoms with van der Waals surface area (Å²) in [7, 11) is 1.55. The molecule has 9 heteroatoms. The van der Waals surface area contributed by atoms with Crippen LogP contribution in [-0.2, 0) is 11.5 Å². The van der Waals surface area contributed by atoms with Gasteiger partial charge < -0.3 is 13.8 Å². The number of hydrogen-bond acceptors (Lipinski definition) is 7. The maximum Gasteiger partial charge on any atom is 0.223 e. The fourth-order valence-electron chi connectivity index (χ4n) is 2.70. The molecule has 0 aliphatic rings. The Morgan fingerprint density at radius 1 is 1.38 bits per heavy atom. The van der Waals surface area contributed by atoms with Crippen molar-refractivity contribution in [3.63, 3.8) is 0 Å². The van der Waals surface area contributed by atoms with Crippen LogP contribution in [0.2, 0.25) is 0 Å². The molecule has 3 heterocycles. The van der Waals surface area contributed by atoms with Crippen LogP contribution < -0.4 is 0 Å². The van der Waals surface area contributed by atoms with Crippen LogP contribution in [0.5, 0.6) is 0 Å². The van der Waals surface area contributed by atoms with Crippen LogP contribution in [-0.4, -0.2) is 32.6 Å². The molecular formula is C17H13FN4O3S. The Morgan fingerprint density at radius 2 is 2.23 bits per heavy atom. The molecule has 0 radical (unpaired) electrons. The van der Waals surface area contributed by atoms with E-state index in [1.807, 2.05) is 0 Å². The molecule has 0 fully saturated rings. The van der Waals surface area contributed by atoms with E-state index in [9.17, 15) is 9.18 Å². The summed E-state index contributed by atoms with van der Waals surface area (Å²) in [6.07, 6.45) is 1.65. The van der Waals surface area contributed by atoms with Gasteiger partial charge in [0.2, 0.25) is 17.5 Å². The minimum Gasteiger partial charge on any atom is -0.364 e. The second-order valence-corrected chi connectivity index (χ2v) is 6.45. The highest BCUT2D eigenvalue weighted by molar-refractivity contribution is 7.12. The molecule has 7 nitrogen and oxygen atoms in total. The fraction of sp³-hybridized carbons (Fsp3) is 0.176. The van der Waals surface area contributed by atoms with Gasteiger partial charge in [-0.15, -0.1) is 11.3 Å². The first kappa shape index (κ1) is 16.6. The monoisotopic (exact) mass is 372 g/mol. The summed E-state index contributed by atoms with van der Waals surface area (Å²) in [5.74, 6) is 0.0281. The molecule has 1 aromatic carbocycles. The van der Waals surface area contributed by atoms with Gasteiger partial charge in [0.1, 0.15) is 18.2 Å². The Hall–Kier alpha value is -2.91. The number of halogens is 1. The van der Waals surface area contributed by atoms with Crippen molar-refractivity contribution in [1.29, 1.82) is 0 Å². The number of hydrogen-bond donors (Lipinski definition) is 0. The number of fused-ring (bicyclic) bond motifs is 1. The summed E-state index contributed by atoms with van der Waals surface area (Å²) in [4.78, 5) is 21.4. The lowest BCUT2D eigenvalue weighted by Crippen LogP contribution is -2.01. The van der Waals surface area contributed by atoms with Gasteiger partial charge in [-0.2, -0.15) is 4.98 Å². The molecule has 0 saturated heterocycles. The second kappa shape index (κ2) is 6.43. The van der Waals surface area contributed by atoms with Gasteiger partial charge in [0.25, 0.3) is 0 Å². The van der Waals surface area contributed by atoms with Gasteiger partial charge in [-0.1, -0.05) is 5.16 Å². The van der Waals surface area contributed by atoms with Crippen molar-refractivity contribution in [3.8, 4) is 11.5 Å². The lowest BCUT2D eigenvalue weighted by Gasteiger charge is -2.02. The largest absolute Gasteiger partial charge is 0.364 e. The molecule has 0 unspecified atom stereocenters. The number of methoxy groups -OCH3 is 1. The molecule has 0 N–H and O–H groups in total. The molecule has 132 valence electrons. The minimum absolute atomic E-state index is 0.251. The van der Waals surface area contributed by atoms with Crippen LogP contribution in [0.1, 0.15) is 21.3 Å². The van der Waals surface area contributed by atoms with E-state index < -0.39 is 5.82 Å². The Balaban J connectivity index is 1.77. The zero-order valence-electron chi connectivity index (χ0n) is 13.9. The number of nitrogens with zero attached hydrogens (tertiary/aromatic N) is 4. The molecule has 0 spiro atoms. The third-order valence-electron chi connectivity index (χ3n) is 3.81. The molecular weight excluding hydrogens is 359 g/mol. The molecule has 4 rings (SSSR count). The summed E-state index contributed by atoms with van der Waals surface area (Å²) in [5.41, 5.74) is 1.53. The van der Waals surface area contributed by atoms with Crippen molar-refractivity contribution in [2.75, 3.05) is 7.11 Å². The highest BCUT2D eigenvalue weighted by Crippen LogP contribution is 2.27. The quantitative estimate of drug-likeness (QED) is 0.499. The van der Waals surface area contributed by atoms with Crippen molar-refractivity contribution in [3.05, 3.63) is 52.1 Å². The molecule has 4 aromatic rings. The molecule has 0 amide bonds. The first-order valence-electron chi connectivity index (χ1n) is 7.65. The number of carbonyl (C=O) groups excluding carboxylic acids is 1. The van der Waals surface area contributed by atoms with E-state index in [0.29, 0.717) is 33.9 Å². The smallest absolute Gasteiger partial charge is 0.223 e. The number of aromatic nitrogens is 4. The predicted octanol–water partition coefficient (Wildman–Crippen LogP) is 3.43. The number of ketones is 1. The van der Waals surface area contributed by atoms with E-state index in [0.717, 1.165) is 0 Å². The van der Waals surface area contributed by atoms with Crippen molar-refractivity contribution >= 4 is 28.0 Å². The number of benzene rings is 1. The van der Waals surface area contributed by atoms with Crippen LogP contribution >= 0.6 is 11.3 Å². The average Bonchev–Trinajstić information content (AvgIpc) is 3.33. The Kier molecular flexibility index (Phi) is 4.09. The van der Waals surface area contributed by atoms with E-state index in [2.05, 4.69) is 15.1 Å². The van der Waals surface area contributed by atoms with E-state index in [-0.39, 0.29) is 17.5 Å². The number of rotatable bonds is 5. The number of thiazole rings is 1. The number of carbonyl (C=O) groups is 1. The highest BCUT2D eigenvalue weighted by Gasteiger charge is 2.21. The van der Waals surface area contributed by atoms with Crippen molar-refractivity contribution in [2.24, 2.45) is 0 Å². The molecule has 0 aliphatic heterocycles. The summed E-state index contributed by atoms with van der Waals surface area (Å²) in [6.45, 7) is 1.93. The summed E-state index contributed by atoms with van der Waals surface area (Å²) < 4.78 is 25.5. The molecule has 26 heavy (non-hydrogen) atoms. The van der Waals surface area contributed by atoms with Crippen LogP contribution in [0.3, 0.4) is 0 Å². The molecule has 0 aliphatic carbocycles. The van der Waals surface area contributed by atoms with Gasteiger partial charge in [-0.05, 0) is 18.2 Å². The summed E-state index contributed by atoms with van der Waals surface area (Å²) >= 11 is 1.18. The van der Waals surface area contributed by atoms with Gasteiger partial charge >= 0.3 is 0 Å².